The summed E-state index contributed by atoms with van der Waals surface area (Å²) in [5, 5.41) is 0. The van der Waals surface area contributed by atoms with Crippen LogP contribution in [0.25, 0.3) is 0 Å². The van der Waals surface area contributed by atoms with E-state index in [4.69, 9.17) is 25.4 Å². The highest BCUT2D eigenvalue weighted by molar-refractivity contribution is 9.12. The van der Waals surface area contributed by atoms with Gasteiger partial charge in [-0.2, -0.15) is 0 Å². The fourth-order valence-corrected chi connectivity index (χ4v) is 3.31. The highest BCUT2D eigenvalue weighted by Crippen LogP contribution is 2.65. The van der Waals surface area contributed by atoms with Crippen LogP contribution in [0, 0.1) is 0 Å². The van der Waals surface area contributed by atoms with Crippen molar-refractivity contribution < 1.29 is 23.1 Å². The first-order valence-corrected chi connectivity index (χ1v) is 7.51. The van der Waals surface area contributed by atoms with E-state index in [0.717, 1.165) is 0 Å². The van der Waals surface area contributed by atoms with Gasteiger partial charge >= 0.3 is 13.6 Å². The van der Waals surface area contributed by atoms with Crippen molar-refractivity contribution in [2.75, 3.05) is 19.8 Å². The average molecular weight is 338 g/mol. The lowest BCUT2D eigenvalue weighted by atomic mass is 10.7. The van der Waals surface area contributed by atoms with Crippen LogP contribution in [0.2, 0.25) is 0 Å². The second kappa shape index (κ2) is 6.97. The van der Waals surface area contributed by atoms with Crippen LogP contribution in [0.5, 0.6) is 0 Å². The zero-order chi connectivity index (χ0) is 12.8. The summed E-state index contributed by atoms with van der Waals surface area (Å²) in [6.45, 7) is 5.20. The molecule has 8 heteroatoms. The van der Waals surface area contributed by atoms with Crippen molar-refractivity contribution in [1.82, 2.24) is 0 Å². The molecule has 0 aromatic rings. The van der Waals surface area contributed by atoms with E-state index >= 15 is 0 Å². The Bertz CT molecular complexity index is 274. The number of alkyl halides is 2. The molecule has 0 fully saturated rings. The summed E-state index contributed by atoms with van der Waals surface area (Å²) in [6, 6.07) is 0. The van der Waals surface area contributed by atoms with E-state index in [9.17, 15) is 9.36 Å². The first-order chi connectivity index (χ1) is 7.35. The topological polar surface area (TPSA) is 61.8 Å². The molecule has 5 nitrogen and oxygen atoms in total. The standard InChI is InChI=1S/C8H15BrClO5P/c1-4-13-7(11)8(9,10)16(12,14-5-2)15-6-3/h4-6H2,1-3H3. The maximum atomic E-state index is 12.2. The summed E-state index contributed by atoms with van der Waals surface area (Å²) in [4.78, 5) is 11.5. The number of hydrogen-bond acceptors (Lipinski definition) is 5. The molecule has 96 valence electrons. The molecular formula is C8H15BrClO5P. The van der Waals surface area contributed by atoms with Gasteiger partial charge in [-0.15, -0.1) is 0 Å². The zero-order valence-corrected chi connectivity index (χ0v) is 12.6. The van der Waals surface area contributed by atoms with E-state index in [0.29, 0.717) is 0 Å². The molecule has 0 amide bonds. The smallest absolute Gasteiger partial charge is 0.373 e. The highest BCUT2D eigenvalue weighted by atomic mass is 79.9. The molecule has 16 heavy (non-hydrogen) atoms. The Morgan fingerprint density at radius 3 is 2.00 bits per heavy atom. The monoisotopic (exact) mass is 336 g/mol. The van der Waals surface area contributed by atoms with Gasteiger partial charge in [0.05, 0.1) is 19.8 Å². The molecule has 0 rings (SSSR count). The minimum atomic E-state index is -3.80. The summed E-state index contributed by atoms with van der Waals surface area (Å²) in [6.07, 6.45) is 0. The van der Waals surface area contributed by atoms with Gasteiger partial charge in [-0.3, -0.25) is 4.57 Å². The highest BCUT2D eigenvalue weighted by Gasteiger charge is 2.55. The summed E-state index contributed by atoms with van der Waals surface area (Å²) in [7, 11) is -3.80. The Balaban J connectivity index is 5.02. The predicted molar refractivity (Wildman–Crippen MR) is 65.0 cm³/mol. The molecule has 1 unspecified atom stereocenters. The molecule has 0 saturated carbocycles. The third-order valence-corrected chi connectivity index (χ3v) is 5.93. The third kappa shape index (κ3) is 3.70. The van der Waals surface area contributed by atoms with Crippen LogP contribution >= 0.6 is 35.1 Å². The number of esters is 1. The SMILES string of the molecule is CCOC(=O)C(Cl)(Br)P(=O)(OCC)OCC. The van der Waals surface area contributed by atoms with Crippen molar-refractivity contribution in [2.24, 2.45) is 0 Å². The molecule has 0 bridgehead atoms. The largest absolute Gasteiger partial charge is 0.464 e. The van der Waals surface area contributed by atoms with Crippen LogP contribution in [0.1, 0.15) is 20.8 Å². The van der Waals surface area contributed by atoms with E-state index in [1.807, 2.05) is 0 Å². The summed E-state index contributed by atoms with van der Waals surface area (Å²) in [5.74, 6) is -0.887. The van der Waals surface area contributed by atoms with Crippen molar-refractivity contribution in [2.45, 2.75) is 24.3 Å². The van der Waals surface area contributed by atoms with Crippen LogP contribution in [0.3, 0.4) is 0 Å². The predicted octanol–water partition coefficient (Wildman–Crippen LogP) is 3.10. The van der Waals surface area contributed by atoms with Gasteiger partial charge in [0.2, 0.25) is 0 Å². The normalized spacial score (nSPS) is 15.6. The second-order valence-corrected chi connectivity index (χ2v) is 7.87. The van der Waals surface area contributed by atoms with E-state index in [-0.39, 0.29) is 19.8 Å². The molecule has 0 spiro atoms. The molecule has 0 saturated heterocycles. The first kappa shape index (κ1) is 16.4. The van der Waals surface area contributed by atoms with Crippen LogP contribution in [0.15, 0.2) is 0 Å². The third-order valence-electron chi connectivity index (χ3n) is 1.46. The molecule has 0 heterocycles. The fourth-order valence-electron chi connectivity index (χ4n) is 0.869. The van der Waals surface area contributed by atoms with Gasteiger partial charge in [-0.05, 0) is 36.7 Å². The van der Waals surface area contributed by atoms with Gasteiger partial charge < -0.3 is 13.8 Å². The van der Waals surface area contributed by atoms with Gasteiger partial charge in [0.25, 0.3) is 3.52 Å². The van der Waals surface area contributed by atoms with Crippen molar-refractivity contribution in [1.29, 1.82) is 0 Å². The minimum Gasteiger partial charge on any atom is -0.464 e. The molecule has 0 aliphatic rings. The fraction of sp³-hybridized carbons (Fsp3) is 0.875. The molecule has 1 atom stereocenters. The zero-order valence-electron chi connectivity index (χ0n) is 9.37. The van der Waals surface area contributed by atoms with Crippen LogP contribution in [-0.4, -0.2) is 29.3 Å². The van der Waals surface area contributed by atoms with Gasteiger partial charge in [0.1, 0.15) is 0 Å². The van der Waals surface area contributed by atoms with Crippen molar-refractivity contribution in [3.63, 3.8) is 0 Å². The molecule has 0 aliphatic heterocycles. The van der Waals surface area contributed by atoms with Crippen molar-refractivity contribution in [3.8, 4) is 0 Å². The van der Waals surface area contributed by atoms with Gasteiger partial charge in [-0.1, -0.05) is 11.6 Å². The maximum Gasteiger partial charge on any atom is 0.373 e. The number of carbonyl (C=O) groups is 1. The second-order valence-electron chi connectivity index (χ2n) is 2.59. The quantitative estimate of drug-likeness (QED) is 0.406. The van der Waals surface area contributed by atoms with E-state index in [1.54, 1.807) is 20.8 Å². The minimum absolute atomic E-state index is 0.108. The van der Waals surface area contributed by atoms with Crippen LogP contribution < -0.4 is 0 Å². The molecule has 0 aromatic heterocycles. The van der Waals surface area contributed by atoms with Gasteiger partial charge in [0, 0.05) is 0 Å². The maximum absolute atomic E-state index is 12.2. The summed E-state index contributed by atoms with van der Waals surface area (Å²) in [5.41, 5.74) is 0. The Morgan fingerprint density at radius 2 is 1.69 bits per heavy atom. The molecule has 0 N–H and O–H groups in total. The van der Waals surface area contributed by atoms with Gasteiger partial charge in [0.15, 0.2) is 0 Å². The average Bonchev–Trinajstić information content (AvgIpc) is 2.18. The lowest BCUT2D eigenvalue weighted by molar-refractivity contribution is -0.142. The van der Waals surface area contributed by atoms with Crippen LogP contribution in [0.4, 0.5) is 0 Å². The summed E-state index contributed by atoms with van der Waals surface area (Å²) >= 11 is 8.71. The molecule has 0 radical (unpaired) electrons. The van der Waals surface area contributed by atoms with Crippen molar-refractivity contribution in [3.05, 3.63) is 0 Å². The van der Waals surface area contributed by atoms with E-state index in [1.165, 1.54) is 0 Å². The molecule has 0 aromatic carbocycles. The number of halogens is 2. The van der Waals surface area contributed by atoms with E-state index in [2.05, 4.69) is 15.9 Å². The number of ether oxygens (including phenoxy) is 1. The lowest BCUT2D eigenvalue weighted by Gasteiger charge is -2.26. The number of rotatable bonds is 7. The summed E-state index contributed by atoms with van der Waals surface area (Å²) < 4.78 is 24.8. The number of carbonyl (C=O) groups excluding carboxylic acids is 1. The number of hydrogen-bond donors (Lipinski definition) is 0. The lowest BCUT2D eigenvalue weighted by Crippen LogP contribution is -2.30. The van der Waals surface area contributed by atoms with Gasteiger partial charge in [-0.25, -0.2) is 4.79 Å². The molecular weight excluding hydrogens is 322 g/mol. The Hall–Kier alpha value is 0.390. The van der Waals surface area contributed by atoms with Crippen molar-refractivity contribution >= 4 is 41.1 Å². The Kier molecular flexibility index (Phi) is 7.14. The molecule has 0 aliphatic carbocycles. The van der Waals surface area contributed by atoms with E-state index < -0.39 is 17.1 Å². The Labute approximate surface area is 108 Å². The Morgan fingerprint density at radius 1 is 1.25 bits per heavy atom. The van der Waals surface area contributed by atoms with Crippen LogP contribution in [-0.2, 0) is 23.1 Å². The first-order valence-electron chi connectivity index (χ1n) is 4.79.